The molecule has 3 atom stereocenters. The van der Waals surface area contributed by atoms with Crippen molar-refractivity contribution in [3.8, 4) is 0 Å². The zero-order valence-electron chi connectivity index (χ0n) is 16.1. The van der Waals surface area contributed by atoms with Crippen molar-refractivity contribution in [3.63, 3.8) is 0 Å². The number of nitrogens with one attached hydrogen (secondary N) is 1. The minimum atomic E-state index is 0.0773. The van der Waals surface area contributed by atoms with Crippen LogP contribution in [-0.2, 0) is 11.2 Å². The molecule has 1 saturated carbocycles. The van der Waals surface area contributed by atoms with Gasteiger partial charge in [0.1, 0.15) is 0 Å². The highest BCUT2D eigenvalue weighted by Gasteiger charge is 2.36. The average Bonchev–Trinajstić information content (AvgIpc) is 3.02. The fourth-order valence-corrected chi connectivity index (χ4v) is 4.90. The Labute approximate surface area is 166 Å². The fraction of sp³-hybridized carbons (Fsp3) is 0.522. The molecule has 2 nitrogen and oxygen atoms in total. The molecule has 2 aliphatic rings. The van der Waals surface area contributed by atoms with Gasteiger partial charge in [-0.1, -0.05) is 52.2 Å². The molecule has 0 heterocycles. The first-order chi connectivity index (χ1) is 12.5. The zero-order valence-corrected chi connectivity index (χ0v) is 17.7. The number of halogens is 1. The smallest absolute Gasteiger partial charge is 0.246 e. The van der Waals surface area contributed by atoms with Crippen LogP contribution in [0.3, 0.4) is 0 Å². The second-order valence-electron chi connectivity index (χ2n) is 8.02. The topological polar surface area (TPSA) is 29.1 Å². The molecule has 2 aliphatic carbocycles. The van der Waals surface area contributed by atoms with E-state index in [1.54, 1.807) is 11.1 Å². The SMILES string of the molecule is CC1=C2[C@H](/C=C(\C)C(=O)NCCc3ccc(Br)cc3)CC[C@@H](C)[C@H]2CC1. The van der Waals surface area contributed by atoms with E-state index in [1.807, 2.05) is 19.1 Å². The quantitative estimate of drug-likeness (QED) is 0.475. The summed E-state index contributed by atoms with van der Waals surface area (Å²) in [6, 6.07) is 8.27. The summed E-state index contributed by atoms with van der Waals surface area (Å²) >= 11 is 3.45. The number of carbonyl (C=O) groups excluding carboxylic acids is 1. The van der Waals surface area contributed by atoms with E-state index in [9.17, 15) is 4.79 Å². The van der Waals surface area contributed by atoms with Crippen molar-refractivity contribution in [2.24, 2.45) is 17.8 Å². The van der Waals surface area contributed by atoms with Crippen LogP contribution in [-0.4, -0.2) is 12.5 Å². The Bertz CT molecular complexity index is 716. The van der Waals surface area contributed by atoms with Crippen LogP contribution in [0.4, 0.5) is 0 Å². The Balaban J connectivity index is 1.57. The molecule has 0 bridgehead atoms. The third-order valence-electron chi connectivity index (χ3n) is 6.16. The van der Waals surface area contributed by atoms with Gasteiger partial charge in [-0.05, 0) is 81.4 Å². The van der Waals surface area contributed by atoms with Crippen LogP contribution >= 0.6 is 15.9 Å². The highest BCUT2D eigenvalue weighted by atomic mass is 79.9. The molecule has 1 aromatic carbocycles. The van der Waals surface area contributed by atoms with Gasteiger partial charge in [-0.2, -0.15) is 0 Å². The predicted molar refractivity (Wildman–Crippen MR) is 112 cm³/mol. The van der Waals surface area contributed by atoms with Gasteiger partial charge in [-0.25, -0.2) is 0 Å². The summed E-state index contributed by atoms with van der Waals surface area (Å²) in [5, 5.41) is 3.08. The maximum Gasteiger partial charge on any atom is 0.246 e. The summed E-state index contributed by atoms with van der Waals surface area (Å²) in [4.78, 5) is 12.5. The van der Waals surface area contributed by atoms with Gasteiger partial charge in [0.25, 0.3) is 0 Å². The van der Waals surface area contributed by atoms with Crippen LogP contribution in [0.1, 0.15) is 52.0 Å². The summed E-state index contributed by atoms with van der Waals surface area (Å²) in [5.74, 6) is 2.09. The first kappa shape index (κ1) is 19.4. The van der Waals surface area contributed by atoms with Crippen molar-refractivity contribution in [2.45, 2.75) is 52.9 Å². The molecule has 1 aromatic rings. The highest BCUT2D eigenvalue weighted by molar-refractivity contribution is 9.10. The summed E-state index contributed by atoms with van der Waals surface area (Å²) in [7, 11) is 0. The molecule has 3 rings (SSSR count). The monoisotopic (exact) mass is 415 g/mol. The van der Waals surface area contributed by atoms with E-state index < -0.39 is 0 Å². The number of amides is 1. The molecule has 1 fully saturated rings. The summed E-state index contributed by atoms with van der Waals surface area (Å²) in [5.41, 5.74) is 5.33. The van der Waals surface area contributed by atoms with Crippen molar-refractivity contribution < 1.29 is 4.79 Å². The van der Waals surface area contributed by atoms with Gasteiger partial charge < -0.3 is 5.32 Å². The van der Waals surface area contributed by atoms with Crippen LogP contribution in [0, 0.1) is 17.8 Å². The van der Waals surface area contributed by atoms with E-state index >= 15 is 0 Å². The first-order valence-electron chi connectivity index (χ1n) is 9.86. The molecule has 1 N–H and O–H groups in total. The number of benzene rings is 1. The van der Waals surface area contributed by atoms with E-state index in [4.69, 9.17) is 0 Å². The number of rotatable bonds is 5. The summed E-state index contributed by atoms with van der Waals surface area (Å²) < 4.78 is 1.08. The Kier molecular flexibility index (Phi) is 6.39. The van der Waals surface area contributed by atoms with Crippen molar-refractivity contribution in [1.29, 1.82) is 0 Å². The van der Waals surface area contributed by atoms with Crippen molar-refractivity contribution in [1.82, 2.24) is 5.32 Å². The molecular formula is C23H30BrNO. The number of hydrogen-bond acceptors (Lipinski definition) is 1. The zero-order chi connectivity index (χ0) is 18.7. The van der Waals surface area contributed by atoms with Gasteiger partial charge in [0.15, 0.2) is 0 Å². The van der Waals surface area contributed by atoms with Crippen molar-refractivity contribution in [3.05, 3.63) is 57.1 Å². The molecule has 140 valence electrons. The van der Waals surface area contributed by atoms with Gasteiger partial charge in [-0.3, -0.25) is 4.79 Å². The van der Waals surface area contributed by atoms with E-state index in [0.717, 1.165) is 28.3 Å². The number of hydrogen-bond donors (Lipinski definition) is 1. The lowest BCUT2D eigenvalue weighted by Gasteiger charge is -2.34. The van der Waals surface area contributed by atoms with Gasteiger partial charge in [0.2, 0.25) is 5.91 Å². The number of carbonyl (C=O) groups is 1. The molecule has 3 heteroatoms. The molecule has 26 heavy (non-hydrogen) atoms. The number of allylic oxidation sites excluding steroid dienone is 3. The standard InChI is InChI=1S/C23H30BrNO/c1-15-4-8-19(22-16(2)5-11-21(15)22)14-17(3)23(26)25-13-12-18-6-9-20(24)10-7-18/h6-7,9-10,14-15,19,21H,4-5,8,11-13H2,1-3H3,(H,25,26)/b17-14+/t15-,19+,21-/m1/s1. The van der Waals surface area contributed by atoms with Gasteiger partial charge in [0, 0.05) is 16.6 Å². The lowest BCUT2D eigenvalue weighted by Crippen LogP contribution is -2.28. The van der Waals surface area contributed by atoms with E-state index in [-0.39, 0.29) is 5.91 Å². The van der Waals surface area contributed by atoms with E-state index in [0.29, 0.717) is 12.5 Å². The van der Waals surface area contributed by atoms with Crippen LogP contribution in [0.5, 0.6) is 0 Å². The molecule has 0 saturated heterocycles. The maximum atomic E-state index is 12.5. The summed E-state index contributed by atoms with van der Waals surface area (Å²) in [6.07, 6.45) is 8.12. The molecule has 0 aliphatic heterocycles. The Morgan fingerprint density at radius 3 is 2.69 bits per heavy atom. The van der Waals surface area contributed by atoms with Gasteiger partial charge in [0.05, 0.1) is 0 Å². The lowest BCUT2D eigenvalue weighted by atomic mass is 9.71. The third-order valence-corrected chi connectivity index (χ3v) is 6.69. The van der Waals surface area contributed by atoms with Gasteiger partial charge >= 0.3 is 0 Å². The second kappa shape index (κ2) is 8.56. The van der Waals surface area contributed by atoms with E-state index in [2.05, 4.69) is 53.3 Å². The predicted octanol–water partition coefficient (Wildman–Crippen LogP) is 5.83. The molecule has 0 unspecified atom stereocenters. The Hall–Kier alpha value is -1.35. The van der Waals surface area contributed by atoms with Crippen LogP contribution in [0.2, 0.25) is 0 Å². The Morgan fingerprint density at radius 2 is 1.96 bits per heavy atom. The molecule has 0 radical (unpaired) electrons. The van der Waals surface area contributed by atoms with Crippen LogP contribution in [0.25, 0.3) is 0 Å². The Morgan fingerprint density at radius 1 is 1.23 bits per heavy atom. The van der Waals surface area contributed by atoms with Crippen molar-refractivity contribution >= 4 is 21.8 Å². The van der Waals surface area contributed by atoms with Crippen LogP contribution < -0.4 is 5.32 Å². The maximum absolute atomic E-state index is 12.5. The third kappa shape index (κ3) is 4.49. The second-order valence-corrected chi connectivity index (χ2v) is 8.94. The largest absolute Gasteiger partial charge is 0.352 e. The van der Waals surface area contributed by atoms with Crippen LogP contribution in [0.15, 0.2) is 51.5 Å². The number of fused-ring (bicyclic) bond motifs is 1. The fourth-order valence-electron chi connectivity index (χ4n) is 4.63. The highest BCUT2D eigenvalue weighted by Crippen LogP contribution is 2.48. The minimum Gasteiger partial charge on any atom is -0.352 e. The molecule has 1 amide bonds. The van der Waals surface area contributed by atoms with Crippen molar-refractivity contribution in [2.75, 3.05) is 6.54 Å². The molecule has 0 spiro atoms. The normalized spacial score (nSPS) is 26.0. The molecular weight excluding hydrogens is 386 g/mol. The average molecular weight is 416 g/mol. The van der Waals surface area contributed by atoms with Gasteiger partial charge in [-0.15, -0.1) is 0 Å². The van der Waals surface area contributed by atoms with E-state index in [1.165, 1.54) is 31.2 Å². The first-order valence-corrected chi connectivity index (χ1v) is 10.7. The molecule has 0 aromatic heterocycles. The lowest BCUT2D eigenvalue weighted by molar-refractivity contribution is -0.117. The minimum absolute atomic E-state index is 0.0773. The summed E-state index contributed by atoms with van der Waals surface area (Å²) in [6.45, 7) is 7.33.